The molecular formula is C14H19BrN2O2. The minimum Gasteiger partial charge on any atom is -0.384 e. The van der Waals surface area contributed by atoms with E-state index in [1.165, 1.54) is 38.2 Å². The van der Waals surface area contributed by atoms with Crippen LogP contribution in [0.5, 0.6) is 0 Å². The second-order valence-electron chi connectivity index (χ2n) is 5.14. The third-order valence-corrected chi connectivity index (χ3v) is 4.40. The van der Waals surface area contributed by atoms with E-state index in [2.05, 4.69) is 21.2 Å². The lowest BCUT2D eigenvalue weighted by Crippen LogP contribution is -2.04. The van der Waals surface area contributed by atoms with Crippen LogP contribution in [-0.4, -0.2) is 11.5 Å². The van der Waals surface area contributed by atoms with Gasteiger partial charge in [-0.3, -0.25) is 10.1 Å². The molecule has 0 atom stereocenters. The van der Waals surface area contributed by atoms with Crippen LogP contribution in [0.25, 0.3) is 0 Å². The molecular weight excluding hydrogens is 308 g/mol. The molecule has 4 nitrogen and oxygen atoms in total. The Labute approximate surface area is 121 Å². The smallest absolute Gasteiger partial charge is 0.270 e. The summed E-state index contributed by atoms with van der Waals surface area (Å²) in [6, 6.07) is 4.83. The first-order valence-corrected chi connectivity index (χ1v) is 7.64. The molecule has 1 N–H and O–H groups in total. The van der Waals surface area contributed by atoms with Crippen molar-refractivity contribution in [1.29, 1.82) is 0 Å². The van der Waals surface area contributed by atoms with Crippen molar-refractivity contribution >= 4 is 27.3 Å². The number of nitrogens with one attached hydrogen (secondary N) is 1. The van der Waals surface area contributed by atoms with Crippen molar-refractivity contribution in [2.24, 2.45) is 5.92 Å². The fraction of sp³-hybridized carbons (Fsp3) is 0.571. The molecule has 1 aromatic rings. The highest BCUT2D eigenvalue weighted by Crippen LogP contribution is 2.29. The summed E-state index contributed by atoms with van der Waals surface area (Å²) in [7, 11) is 0. The van der Waals surface area contributed by atoms with E-state index in [0.29, 0.717) is 0 Å². The van der Waals surface area contributed by atoms with Gasteiger partial charge in [-0.05, 0) is 40.8 Å². The van der Waals surface area contributed by atoms with Gasteiger partial charge in [0.25, 0.3) is 5.69 Å². The van der Waals surface area contributed by atoms with E-state index in [4.69, 9.17) is 0 Å². The third kappa shape index (κ3) is 4.20. The third-order valence-electron chi connectivity index (χ3n) is 3.74. The Morgan fingerprint density at radius 2 is 2.11 bits per heavy atom. The monoisotopic (exact) mass is 326 g/mol. The minimum absolute atomic E-state index is 0.114. The molecule has 1 aliphatic rings. The van der Waals surface area contributed by atoms with Crippen LogP contribution in [0.4, 0.5) is 11.4 Å². The number of benzene rings is 1. The summed E-state index contributed by atoms with van der Waals surface area (Å²) in [6.07, 6.45) is 8.02. The highest BCUT2D eigenvalue weighted by molar-refractivity contribution is 9.10. The van der Waals surface area contributed by atoms with E-state index in [9.17, 15) is 10.1 Å². The Morgan fingerprint density at radius 3 is 2.74 bits per heavy atom. The molecule has 1 aliphatic carbocycles. The van der Waals surface area contributed by atoms with Gasteiger partial charge in [-0.15, -0.1) is 0 Å². The number of nitro benzene ring substituents is 1. The fourth-order valence-electron chi connectivity index (χ4n) is 2.67. The quantitative estimate of drug-likeness (QED) is 0.466. The molecule has 5 heteroatoms. The number of hydrogen-bond acceptors (Lipinski definition) is 3. The van der Waals surface area contributed by atoms with Crippen molar-refractivity contribution in [3.05, 3.63) is 32.8 Å². The molecule has 1 aromatic carbocycles. The lowest BCUT2D eigenvalue weighted by Gasteiger charge is -2.11. The molecule has 0 amide bonds. The van der Waals surface area contributed by atoms with Gasteiger partial charge in [0.05, 0.1) is 4.92 Å². The molecule has 1 saturated carbocycles. The Kier molecular flexibility index (Phi) is 5.19. The van der Waals surface area contributed by atoms with Gasteiger partial charge in [0.15, 0.2) is 0 Å². The van der Waals surface area contributed by atoms with Crippen molar-refractivity contribution in [3.8, 4) is 0 Å². The number of nitro groups is 1. The molecule has 19 heavy (non-hydrogen) atoms. The zero-order valence-corrected chi connectivity index (χ0v) is 12.5. The van der Waals surface area contributed by atoms with Crippen LogP contribution < -0.4 is 5.32 Å². The van der Waals surface area contributed by atoms with Crippen molar-refractivity contribution in [1.82, 2.24) is 0 Å². The van der Waals surface area contributed by atoms with Crippen LogP contribution in [0.1, 0.15) is 38.5 Å². The van der Waals surface area contributed by atoms with E-state index in [-0.39, 0.29) is 10.6 Å². The molecule has 1 fully saturated rings. The number of rotatable bonds is 6. The van der Waals surface area contributed by atoms with Crippen LogP contribution in [0.15, 0.2) is 22.7 Å². The van der Waals surface area contributed by atoms with E-state index < -0.39 is 0 Å². The molecule has 0 aromatic heterocycles. The van der Waals surface area contributed by atoms with E-state index in [1.807, 2.05) is 0 Å². The van der Waals surface area contributed by atoms with Crippen LogP contribution in [0.3, 0.4) is 0 Å². The van der Waals surface area contributed by atoms with Gasteiger partial charge in [0.1, 0.15) is 0 Å². The lowest BCUT2D eigenvalue weighted by molar-refractivity contribution is -0.384. The molecule has 0 heterocycles. The summed E-state index contributed by atoms with van der Waals surface area (Å²) in [6.45, 7) is 0.924. The van der Waals surface area contributed by atoms with Gasteiger partial charge < -0.3 is 5.32 Å². The van der Waals surface area contributed by atoms with E-state index in [1.54, 1.807) is 12.1 Å². The van der Waals surface area contributed by atoms with Gasteiger partial charge in [-0.2, -0.15) is 0 Å². The molecule has 0 aliphatic heterocycles. The normalized spacial score (nSPS) is 15.6. The second-order valence-corrected chi connectivity index (χ2v) is 6.00. The van der Waals surface area contributed by atoms with Crippen molar-refractivity contribution in [3.63, 3.8) is 0 Å². The lowest BCUT2D eigenvalue weighted by atomic mass is 10.0. The Bertz CT molecular complexity index is 445. The average molecular weight is 327 g/mol. The fourth-order valence-corrected chi connectivity index (χ4v) is 3.18. The van der Waals surface area contributed by atoms with Crippen LogP contribution >= 0.6 is 15.9 Å². The Morgan fingerprint density at radius 1 is 1.37 bits per heavy atom. The van der Waals surface area contributed by atoms with Gasteiger partial charge in [-0.25, -0.2) is 0 Å². The molecule has 2 rings (SSSR count). The standard InChI is InChI=1S/C14H19BrN2O2/c15-13-10-12(17(18)19)7-8-14(13)16-9-3-6-11-4-1-2-5-11/h7-8,10-11,16H,1-6,9H2. The Hall–Kier alpha value is -1.10. The molecule has 0 unspecified atom stereocenters. The largest absolute Gasteiger partial charge is 0.384 e. The Balaban J connectivity index is 1.77. The maximum Gasteiger partial charge on any atom is 0.270 e. The van der Waals surface area contributed by atoms with Crippen LogP contribution in [0.2, 0.25) is 0 Å². The highest BCUT2D eigenvalue weighted by atomic mass is 79.9. The molecule has 0 spiro atoms. The number of halogens is 1. The predicted octanol–water partition coefficient (Wildman–Crippen LogP) is 4.74. The topological polar surface area (TPSA) is 55.2 Å². The number of nitrogens with zero attached hydrogens (tertiary/aromatic N) is 1. The minimum atomic E-state index is -0.380. The van der Waals surface area contributed by atoms with Crippen molar-refractivity contribution < 1.29 is 4.92 Å². The zero-order chi connectivity index (χ0) is 13.7. The van der Waals surface area contributed by atoms with Gasteiger partial charge in [0, 0.05) is 28.8 Å². The van der Waals surface area contributed by atoms with Crippen LogP contribution in [0, 0.1) is 16.0 Å². The average Bonchev–Trinajstić information content (AvgIpc) is 2.89. The van der Waals surface area contributed by atoms with Gasteiger partial charge in [0.2, 0.25) is 0 Å². The number of hydrogen-bond donors (Lipinski definition) is 1. The van der Waals surface area contributed by atoms with Crippen LogP contribution in [-0.2, 0) is 0 Å². The zero-order valence-electron chi connectivity index (χ0n) is 10.9. The van der Waals surface area contributed by atoms with E-state index >= 15 is 0 Å². The van der Waals surface area contributed by atoms with Gasteiger partial charge in [-0.1, -0.05) is 25.7 Å². The summed E-state index contributed by atoms with van der Waals surface area (Å²) in [5.74, 6) is 0.919. The van der Waals surface area contributed by atoms with Crippen molar-refractivity contribution in [2.45, 2.75) is 38.5 Å². The molecule has 0 radical (unpaired) electrons. The SMILES string of the molecule is O=[N+]([O-])c1ccc(NCCCC2CCCC2)c(Br)c1. The maximum atomic E-state index is 10.6. The predicted molar refractivity (Wildman–Crippen MR) is 80.5 cm³/mol. The first-order chi connectivity index (χ1) is 9.16. The summed E-state index contributed by atoms with van der Waals surface area (Å²) in [5.41, 5.74) is 1.04. The summed E-state index contributed by atoms with van der Waals surface area (Å²) >= 11 is 3.37. The second kappa shape index (κ2) is 6.89. The molecule has 104 valence electrons. The molecule has 0 saturated heterocycles. The van der Waals surface area contributed by atoms with Crippen molar-refractivity contribution in [2.75, 3.05) is 11.9 Å². The summed E-state index contributed by atoms with van der Waals surface area (Å²) in [5, 5.41) is 14.0. The number of anilines is 1. The highest BCUT2D eigenvalue weighted by Gasteiger charge is 2.14. The first kappa shape index (κ1) is 14.3. The maximum absolute atomic E-state index is 10.6. The summed E-state index contributed by atoms with van der Waals surface area (Å²) in [4.78, 5) is 10.3. The van der Waals surface area contributed by atoms with E-state index in [0.717, 1.165) is 29.0 Å². The summed E-state index contributed by atoms with van der Waals surface area (Å²) < 4.78 is 0.752. The van der Waals surface area contributed by atoms with Gasteiger partial charge >= 0.3 is 0 Å². The first-order valence-electron chi connectivity index (χ1n) is 6.84. The number of non-ortho nitro benzene ring substituents is 1. The molecule has 0 bridgehead atoms.